The van der Waals surface area contributed by atoms with Crippen LogP contribution >= 0.6 is 0 Å². The molecule has 3 atom stereocenters. The van der Waals surface area contributed by atoms with Gasteiger partial charge in [-0.15, -0.1) is 0 Å². The summed E-state index contributed by atoms with van der Waals surface area (Å²) >= 11 is 0. The molecule has 3 aromatic rings. The summed E-state index contributed by atoms with van der Waals surface area (Å²) in [5.74, 6) is 1.39. The molecule has 1 aromatic heterocycles. The van der Waals surface area contributed by atoms with Crippen LogP contribution in [0.3, 0.4) is 0 Å². The first-order chi connectivity index (χ1) is 16.4. The summed E-state index contributed by atoms with van der Waals surface area (Å²) in [5.41, 5.74) is 2.22. The van der Waals surface area contributed by atoms with Crippen molar-refractivity contribution in [3.05, 3.63) is 53.4 Å². The van der Waals surface area contributed by atoms with Crippen LogP contribution in [0.1, 0.15) is 48.7 Å². The molecule has 180 valence electrons. The van der Waals surface area contributed by atoms with Crippen molar-refractivity contribution in [2.24, 2.45) is 0 Å². The Morgan fingerprint density at radius 1 is 1.15 bits per heavy atom. The molecule has 1 N–H and O–H groups in total. The molecule has 3 heterocycles. The van der Waals surface area contributed by atoms with Crippen LogP contribution in [0.2, 0.25) is 0 Å². The number of hydrogen-bond acceptors (Lipinski definition) is 6. The lowest BCUT2D eigenvalue weighted by Crippen LogP contribution is -2.54. The van der Waals surface area contributed by atoms with E-state index in [1.807, 2.05) is 25.1 Å². The first-order valence-corrected chi connectivity index (χ1v) is 11.7. The number of ether oxygens (including phenoxy) is 2. The smallest absolute Gasteiger partial charge is 0.416 e. The lowest BCUT2D eigenvalue weighted by Gasteiger charge is -2.44. The second-order valence-corrected chi connectivity index (χ2v) is 9.41. The van der Waals surface area contributed by atoms with E-state index in [-0.39, 0.29) is 30.5 Å². The zero-order valence-electron chi connectivity index (χ0n) is 18.8. The number of fused-ring (bicyclic) bond motifs is 2. The molecule has 0 radical (unpaired) electrons. The number of morpholine rings is 1. The van der Waals surface area contributed by atoms with Gasteiger partial charge in [-0.2, -0.15) is 13.2 Å². The number of alkyl halides is 3. The van der Waals surface area contributed by atoms with Gasteiger partial charge in [0, 0.05) is 24.6 Å². The second-order valence-electron chi connectivity index (χ2n) is 9.41. The van der Waals surface area contributed by atoms with Gasteiger partial charge in [-0.1, -0.05) is 12.1 Å². The van der Waals surface area contributed by atoms with Crippen molar-refractivity contribution in [3.8, 4) is 5.75 Å². The van der Waals surface area contributed by atoms with Gasteiger partial charge in [0.2, 0.25) is 0 Å². The maximum absolute atomic E-state index is 13.3. The number of nitrogens with zero attached hydrogens (tertiary/aromatic N) is 2. The van der Waals surface area contributed by atoms with Gasteiger partial charge in [0.05, 0.1) is 36.0 Å². The van der Waals surface area contributed by atoms with Crippen LogP contribution in [0, 0.1) is 0 Å². The second kappa shape index (κ2) is 8.16. The molecular weight excluding hydrogens is 447 g/mol. The van der Waals surface area contributed by atoms with E-state index in [0.29, 0.717) is 23.7 Å². The predicted octanol–water partition coefficient (Wildman–Crippen LogP) is 5.36. The summed E-state index contributed by atoms with van der Waals surface area (Å²) in [4.78, 5) is 6.94. The molecule has 0 spiro atoms. The summed E-state index contributed by atoms with van der Waals surface area (Å²) in [5, 5.41) is 3.60. The van der Waals surface area contributed by atoms with Crippen molar-refractivity contribution >= 4 is 16.8 Å². The highest BCUT2D eigenvalue weighted by molar-refractivity contribution is 5.86. The van der Waals surface area contributed by atoms with Gasteiger partial charge < -0.3 is 19.2 Å². The Morgan fingerprint density at radius 3 is 2.76 bits per heavy atom. The first kappa shape index (κ1) is 21.7. The zero-order valence-corrected chi connectivity index (χ0v) is 18.8. The van der Waals surface area contributed by atoms with E-state index >= 15 is 0 Å². The Kier molecular flexibility index (Phi) is 5.22. The van der Waals surface area contributed by atoms with Gasteiger partial charge in [-0.05, 0) is 44.0 Å². The average molecular weight is 473 g/mol. The minimum atomic E-state index is -4.43. The molecule has 1 saturated carbocycles. The summed E-state index contributed by atoms with van der Waals surface area (Å²) in [6.45, 7) is 4.35. The largest absolute Gasteiger partial charge is 0.491 e. The van der Waals surface area contributed by atoms with Crippen molar-refractivity contribution in [2.45, 2.75) is 50.0 Å². The lowest BCUT2D eigenvalue weighted by molar-refractivity contribution is -0.137. The van der Waals surface area contributed by atoms with Crippen LogP contribution in [-0.4, -0.2) is 48.3 Å². The predicted molar refractivity (Wildman–Crippen MR) is 120 cm³/mol. The number of halogens is 3. The third-order valence-corrected chi connectivity index (χ3v) is 6.88. The number of aromatic nitrogens is 1. The molecule has 2 fully saturated rings. The topological polar surface area (TPSA) is 59.8 Å². The SMILES string of the molecule is CC1CN(C2COc3cc(C(F)(F)F)ccc3C2Nc2cccc3nc(C4CC4)oc23)CCO1. The molecule has 2 aliphatic heterocycles. The summed E-state index contributed by atoms with van der Waals surface area (Å²) in [7, 11) is 0. The lowest BCUT2D eigenvalue weighted by atomic mass is 9.93. The Labute approximate surface area is 195 Å². The van der Waals surface area contributed by atoms with Crippen LogP contribution in [0.15, 0.2) is 40.8 Å². The average Bonchev–Trinajstić information content (AvgIpc) is 3.57. The van der Waals surface area contributed by atoms with Crippen LogP contribution in [0.5, 0.6) is 5.75 Å². The zero-order chi connectivity index (χ0) is 23.4. The number of anilines is 1. The van der Waals surface area contributed by atoms with Gasteiger partial charge in [0.15, 0.2) is 11.5 Å². The summed E-state index contributed by atoms with van der Waals surface area (Å²) in [6, 6.07) is 9.15. The van der Waals surface area contributed by atoms with E-state index in [9.17, 15) is 13.2 Å². The molecule has 3 unspecified atom stereocenters. The molecule has 34 heavy (non-hydrogen) atoms. The van der Waals surface area contributed by atoms with Crippen molar-refractivity contribution < 1.29 is 27.1 Å². The Morgan fingerprint density at radius 2 is 2.00 bits per heavy atom. The van der Waals surface area contributed by atoms with Crippen LogP contribution in [0.25, 0.3) is 11.1 Å². The van der Waals surface area contributed by atoms with E-state index < -0.39 is 11.7 Å². The fourth-order valence-corrected chi connectivity index (χ4v) is 4.96. The highest BCUT2D eigenvalue weighted by Gasteiger charge is 2.39. The minimum Gasteiger partial charge on any atom is -0.491 e. The standard InChI is InChI=1S/C25H26F3N3O3/c1-14-12-31(9-10-32-14)20-13-33-21-11-16(25(26,27)28)7-8-17(21)22(20)29-18-3-2-4-19-23(18)34-24(30-19)15-5-6-15/h2-4,7-8,11,14-15,20,22,29H,5-6,9-10,12-13H2,1H3. The molecule has 0 amide bonds. The fourth-order valence-electron chi connectivity index (χ4n) is 4.96. The Bertz CT molecular complexity index is 1210. The highest BCUT2D eigenvalue weighted by atomic mass is 19.4. The third-order valence-electron chi connectivity index (χ3n) is 6.88. The first-order valence-electron chi connectivity index (χ1n) is 11.7. The van der Waals surface area contributed by atoms with E-state index in [1.54, 1.807) is 0 Å². The van der Waals surface area contributed by atoms with Gasteiger partial charge in [-0.3, -0.25) is 4.90 Å². The quantitative estimate of drug-likeness (QED) is 0.551. The maximum atomic E-state index is 13.3. The molecule has 2 aromatic carbocycles. The molecular formula is C25H26F3N3O3. The normalized spacial score (nSPS) is 25.7. The number of nitrogens with one attached hydrogen (secondary N) is 1. The fraction of sp³-hybridized carbons (Fsp3) is 0.480. The van der Waals surface area contributed by atoms with E-state index in [0.717, 1.165) is 55.2 Å². The van der Waals surface area contributed by atoms with Gasteiger partial charge in [-0.25, -0.2) is 4.98 Å². The highest BCUT2D eigenvalue weighted by Crippen LogP contribution is 2.44. The van der Waals surface area contributed by atoms with Crippen molar-refractivity contribution in [1.82, 2.24) is 9.88 Å². The number of rotatable bonds is 4. The number of hydrogen-bond donors (Lipinski definition) is 1. The monoisotopic (exact) mass is 473 g/mol. The molecule has 6 rings (SSSR count). The van der Waals surface area contributed by atoms with Crippen molar-refractivity contribution in [2.75, 3.05) is 31.6 Å². The maximum Gasteiger partial charge on any atom is 0.416 e. The Balaban J connectivity index is 1.39. The van der Waals surface area contributed by atoms with Crippen LogP contribution in [-0.2, 0) is 10.9 Å². The third kappa shape index (κ3) is 4.01. The summed E-state index contributed by atoms with van der Waals surface area (Å²) < 4.78 is 57.8. The van der Waals surface area contributed by atoms with Crippen LogP contribution < -0.4 is 10.1 Å². The number of para-hydroxylation sites is 1. The Hall–Kier alpha value is -2.78. The van der Waals surface area contributed by atoms with E-state index in [2.05, 4.69) is 15.2 Å². The van der Waals surface area contributed by atoms with Crippen molar-refractivity contribution in [1.29, 1.82) is 0 Å². The molecule has 9 heteroatoms. The number of benzene rings is 2. The minimum absolute atomic E-state index is 0.0715. The van der Waals surface area contributed by atoms with Crippen LogP contribution in [0.4, 0.5) is 18.9 Å². The summed E-state index contributed by atoms with van der Waals surface area (Å²) in [6.07, 6.45) is -2.19. The van der Waals surface area contributed by atoms with Gasteiger partial charge >= 0.3 is 6.18 Å². The molecule has 1 aliphatic carbocycles. The number of oxazole rings is 1. The van der Waals surface area contributed by atoms with E-state index in [1.165, 1.54) is 6.07 Å². The molecule has 6 nitrogen and oxygen atoms in total. The van der Waals surface area contributed by atoms with Crippen molar-refractivity contribution in [3.63, 3.8) is 0 Å². The van der Waals surface area contributed by atoms with Gasteiger partial charge in [0.1, 0.15) is 17.9 Å². The molecule has 0 bridgehead atoms. The molecule has 3 aliphatic rings. The van der Waals surface area contributed by atoms with Gasteiger partial charge in [0.25, 0.3) is 0 Å². The molecule has 1 saturated heterocycles. The van der Waals surface area contributed by atoms with E-state index in [4.69, 9.17) is 13.9 Å².